The number of carbonyl (C=O) groups is 2. The van der Waals surface area contributed by atoms with Crippen molar-refractivity contribution >= 4 is 39.7 Å². The minimum atomic E-state index is -4.81. The van der Waals surface area contributed by atoms with Crippen LogP contribution in [0.3, 0.4) is 0 Å². The highest BCUT2D eigenvalue weighted by Crippen LogP contribution is 2.33. The molecule has 0 bridgehead atoms. The summed E-state index contributed by atoms with van der Waals surface area (Å²) in [5.74, 6) is -3.44. The van der Waals surface area contributed by atoms with Crippen molar-refractivity contribution in [1.29, 1.82) is 5.26 Å². The number of anilines is 1. The zero-order valence-corrected chi connectivity index (χ0v) is 15.6. The topological polar surface area (TPSA) is 144 Å². The first kappa shape index (κ1) is 20.3. The van der Waals surface area contributed by atoms with Crippen molar-refractivity contribution in [3.8, 4) is 6.07 Å². The number of aliphatic imine (C=N–C) groups is 2. The minimum absolute atomic E-state index is 0. The predicted octanol–water partition coefficient (Wildman–Crippen LogP) is 1.08. The Morgan fingerprint density at radius 2 is 2.21 bits per heavy atom. The number of hydrogen-bond donors (Lipinski definition) is 2. The fourth-order valence-electron chi connectivity index (χ4n) is 2.62. The van der Waals surface area contributed by atoms with Crippen molar-refractivity contribution in [2.45, 2.75) is 17.9 Å². The number of nitrogens with zero attached hydrogens (tertiary/aromatic N) is 4. The van der Waals surface area contributed by atoms with Gasteiger partial charge in [-0.05, 0) is 19.1 Å². The van der Waals surface area contributed by atoms with Crippen LogP contribution in [0.15, 0.2) is 27.0 Å². The Labute approximate surface area is 166 Å². The van der Waals surface area contributed by atoms with E-state index in [4.69, 9.17) is 5.26 Å². The van der Waals surface area contributed by atoms with Gasteiger partial charge in [-0.3, -0.25) is 9.79 Å². The first-order chi connectivity index (χ1) is 13.6. The Morgan fingerprint density at radius 3 is 2.83 bits per heavy atom. The van der Waals surface area contributed by atoms with Gasteiger partial charge in [-0.1, -0.05) is 0 Å². The number of amidine groups is 1. The molecule has 0 fully saturated rings. The standard InChI is InChI=1S/C16H13F2N6O4S.2H2/c1-8(15-20-5-9(4-19)6-21-15)22-12(25)7-24-16(26)23-11-3-2-10(17)13(18)14(11)29(24,27)28;;/h2-3,5,8H,6-7H2,1H3,(H,22,25)(H,23,26);2*1H/t8-;;/m1../s1. The van der Waals surface area contributed by atoms with Gasteiger partial charge in [0.05, 0.1) is 24.3 Å². The third-order valence-electron chi connectivity index (χ3n) is 4.03. The third kappa shape index (κ3) is 3.79. The fraction of sp³-hybridized carbons (Fsp3) is 0.250. The van der Waals surface area contributed by atoms with Crippen molar-refractivity contribution in [3.63, 3.8) is 0 Å². The molecule has 0 saturated heterocycles. The number of hydrogen-bond acceptors (Lipinski definition) is 7. The maximum absolute atomic E-state index is 14.0. The van der Waals surface area contributed by atoms with E-state index in [2.05, 4.69) is 20.6 Å². The van der Waals surface area contributed by atoms with Crippen molar-refractivity contribution in [2.75, 3.05) is 18.4 Å². The van der Waals surface area contributed by atoms with Crippen LogP contribution in [0.5, 0.6) is 0 Å². The highest BCUT2D eigenvalue weighted by molar-refractivity contribution is 7.90. The Bertz CT molecular complexity index is 1110. The van der Waals surface area contributed by atoms with E-state index in [0.29, 0.717) is 12.0 Å². The Morgan fingerprint density at radius 1 is 1.48 bits per heavy atom. The number of urea groups is 1. The summed E-state index contributed by atoms with van der Waals surface area (Å²) >= 11 is 0. The van der Waals surface area contributed by atoms with Gasteiger partial charge in [-0.2, -0.15) is 5.26 Å². The molecule has 13 heteroatoms. The molecule has 29 heavy (non-hydrogen) atoms. The largest absolute Gasteiger partial charge is 0.345 e. The quantitative estimate of drug-likeness (QED) is 0.739. The van der Waals surface area contributed by atoms with Crippen LogP contribution in [0, 0.1) is 28.9 Å². The summed E-state index contributed by atoms with van der Waals surface area (Å²) < 4.78 is 52.8. The molecule has 3 amide bonds. The number of benzene rings is 1. The summed E-state index contributed by atoms with van der Waals surface area (Å²) in [6.07, 6.45) is 1.29. The number of halogens is 2. The van der Waals surface area contributed by atoms with Crippen LogP contribution in [-0.2, 0) is 14.8 Å². The zero-order chi connectivity index (χ0) is 21.3. The molecule has 1 atom stereocenters. The van der Waals surface area contributed by atoms with Gasteiger partial charge in [0, 0.05) is 9.07 Å². The number of nitrogens with one attached hydrogen (secondary N) is 2. The van der Waals surface area contributed by atoms with E-state index >= 15 is 0 Å². The van der Waals surface area contributed by atoms with Crippen LogP contribution in [0.25, 0.3) is 0 Å². The van der Waals surface area contributed by atoms with Crippen molar-refractivity contribution < 1.29 is 29.6 Å². The second-order valence-electron chi connectivity index (χ2n) is 6.04. The van der Waals surface area contributed by atoms with E-state index in [1.165, 1.54) is 13.1 Å². The average Bonchev–Trinajstić information content (AvgIpc) is 2.67. The molecule has 0 aliphatic carbocycles. The molecule has 3 rings (SSSR count). The second-order valence-corrected chi connectivity index (χ2v) is 7.84. The average molecular weight is 427 g/mol. The maximum atomic E-state index is 14.0. The van der Waals surface area contributed by atoms with Gasteiger partial charge in [-0.25, -0.2) is 31.3 Å². The summed E-state index contributed by atoms with van der Waals surface area (Å²) in [6.45, 7) is 0.626. The van der Waals surface area contributed by atoms with E-state index in [1.54, 1.807) is 0 Å². The first-order valence-electron chi connectivity index (χ1n) is 8.10. The number of sulfonamides is 1. The lowest BCUT2D eigenvalue weighted by molar-refractivity contribution is -0.121. The van der Waals surface area contributed by atoms with Gasteiger partial charge in [0.15, 0.2) is 11.6 Å². The van der Waals surface area contributed by atoms with Crippen LogP contribution in [0.4, 0.5) is 19.3 Å². The number of fused-ring (bicyclic) bond motifs is 1. The van der Waals surface area contributed by atoms with Gasteiger partial charge in [0.2, 0.25) is 5.91 Å². The van der Waals surface area contributed by atoms with Crippen molar-refractivity contribution in [2.24, 2.45) is 9.98 Å². The van der Waals surface area contributed by atoms with Gasteiger partial charge < -0.3 is 10.6 Å². The molecule has 2 heterocycles. The number of carbonyl (C=O) groups excluding carboxylic acids is 2. The molecule has 0 saturated carbocycles. The molecule has 1 radical (unpaired) electrons. The molecule has 1 aromatic rings. The van der Waals surface area contributed by atoms with Gasteiger partial charge in [0.1, 0.15) is 23.2 Å². The molecule has 2 N–H and O–H groups in total. The van der Waals surface area contributed by atoms with E-state index in [0.717, 1.165) is 6.07 Å². The summed E-state index contributed by atoms with van der Waals surface area (Å²) in [5.41, 5.74) is -0.422. The smallest absolute Gasteiger partial charge is 0.336 e. The Hall–Kier alpha value is -3.40. The lowest BCUT2D eigenvalue weighted by atomic mass is 10.1. The van der Waals surface area contributed by atoms with E-state index in [9.17, 15) is 26.8 Å². The lowest BCUT2D eigenvalue weighted by Crippen LogP contribution is -2.51. The molecule has 1 aromatic carbocycles. The summed E-state index contributed by atoms with van der Waals surface area (Å²) in [5, 5.41) is 13.3. The third-order valence-corrected chi connectivity index (χ3v) is 5.82. The van der Waals surface area contributed by atoms with Gasteiger partial charge >= 0.3 is 6.03 Å². The SMILES string of the molecule is C[C@@H](NC(=O)CN1C(=O)Nc2ccc(F)c(F)c2S1(=O)=O)C1=NC[C](C#N)C=N1.[HH].[HH]. The van der Waals surface area contributed by atoms with E-state index < -0.39 is 56.8 Å². The molecular weight excluding hydrogens is 410 g/mol. The highest BCUT2D eigenvalue weighted by Gasteiger charge is 2.41. The van der Waals surface area contributed by atoms with Gasteiger partial charge in [-0.15, -0.1) is 0 Å². The molecular formula is C16H17F2N6O4S. The minimum Gasteiger partial charge on any atom is -0.345 e. The van der Waals surface area contributed by atoms with Crippen LogP contribution in [0.1, 0.15) is 9.78 Å². The molecule has 10 nitrogen and oxygen atoms in total. The summed E-state index contributed by atoms with van der Waals surface area (Å²) in [6, 6.07) is 1.53. The first-order valence-corrected chi connectivity index (χ1v) is 9.54. The molecule has 0 spiro atoms. The Balaban J connectivity index is 0.00000240. The predicted molar refractivity (Wildman–Crippen MR) is 101 cm³/mol. The van der Waals surface area contributed by atoms with Crippen LogP contribution in [-0.4, -0.2) is 55.8 Å². The van der Waals surface area contributed by atoms with Crippen molar-refractivity contribution in [1.82, 2.24) is 9.62 Å². The number of amides is 3. The van der Waals surface area contributed by atoms with E-state index in [1.807, 2.05) is 6.07 Å². The Kier molecular flexibility index (Phi) is 5.29. The lowest BCUT2D eigenvalue weighted by Gasteiger charge is -2.29. The van der Waals surface area contributed by atoms with Crippen LogP contribution in [0.2, 0.25) is 0 Å². The number of nitriles is 1. The van der Waals surface area contributed by atoms with Crippen LogP contribution < -0.4 is 10.6 Å². The van der Waals surface area contributed by atoms with E-state index in [-0.39, 0.29) is 19.5 Å². The molecule has 0 unspecified atom stereocenters. The zero-order valence-electron chi connectivity index (χ0n) is 14.8. The maximum Gasteiger partial charge on any atom is 0.336 e. The highest BCUT2D eigenvalue weighted by atomic mass is 32.2. The molecule has 0 aromatic heterocycles. The van der Waals surface area contributed by atoms with Crippen LogP contribution >= 0.6 is 0 Å². The summed E-state index contributed by atoms with van der Waals surface area (Å²) in [4.78, 5) is 31.3. The second kappa shape index (κ2) is 7.55. The molecule has 2 aliphatic heterocycles. The number of rotatable bonds is 4. The normalized spacial score (nSPS) is 18.9. The summed E-state index contributed by atoms with van der Waals surface area (Å²) in [7, 11) is -4.81. The van der Waals surface area contributed by atoms with Crippen molar-refractivity contribution in [3.05, 3.63) is 29.7 Å². The molecule has 155 valence electrons. The fourth-order valence-corrected chi connectivity index (χ4v) is 4.12. The van der Waals surface area contributed by atoms with Gasteiger partial charge in [0.25, 0.3) is 10.0 Å². The molecule has 2 aliphatic rings. The monoisotopic (exact) mass is 427 g/mol.